The molecule has 6 nitrogen and oxygen atoms in total. The van der Waals surface area contributed by atoms with E-state index in [1.165, 1.54) is 4.88 Å². The molecule has 3 aromatic rings. The molecule has 1 N–H and O–H groups in total. The van der Waals surface area contributed by atoms with Gasteiger partial charge in [-0.2, -0.15) is 4.98 Å². The summed E-state index contributed by atoms with van der Waals surface area (Å²) in [6.07, 6.45) is 1.01. The largest absolute Gasteiger partial charge is 0.494 e. The lowest BCUT2D eigenvalue weighted by molar-refractivity contribution is -0.116. The Labute approximate surface area is 138 Å². The standard InChI is InChI=1S/C16H18N4O2S/c1-11-12(2)23-16-18-15(19-20(11)16)17-14(21)9-6-10-22-13-7-4-3-5-8-13/h3-5,7-8H,6,9-10H2,1-2H3,(H,17,19,21). The third-order valence-corrected chi connectivity index (χ3v) is 4.51. The molecule has 1 amide bonds. The van der Waals surface area contributed by atoms with E-state index in [-0.39, 0.29) is 5.91 Å². The molecule has 3 rings (SSSR count). The van der Waals surface area contributed by atoms with Crippen molar-refractivity contribution in [3.63, 3.8) is 0 Å². The summed E-state index contributed by atoms with van der Waals surface area (Å²) in [5.74, 6) is 1.07. The van der Waals surface area contributed by atoms with Crippen molar-refractivity contribution in [1.29, 1.82) is 0 Å². The number of nitrogens with one attached hydrogen (secondary N) is 1. The van der Waals surface area contributed by atoms with E-state index in [2.05, 4.69) is 15.4 Å². The molecule has 7 heteroatoms. The van der Waals surface area contributed by atoms with Crippen molar-refractivity contribution >= 4 is 28.2 Å². The SMILES string of the molecule is Cc1sc2nc(NC(=O)CCCOc3ccccc3)nn2c1C. The van der Waals surface area contributed by atoms with Crippen LogP contribution >= 0.6 is 11.3 Å². The summed E-state index contributed by atoms with van der Waals surface area (Å²) < 4.78 is 7.32. The smallest absolute Gasteiger partial charge is 0.250 e. The number of anilines is 1. The Hall–Kier alpha value is -2.41. The second kappa shape index (κ2) is 6.78. The first kappa shape index (κ1) is 15.5. The average Bonchev–Trinajstić information content (AvgIpc) is 3.04. The third-order valence-electron chi connectivity index (χ3n) is 3.46. The van der Waals surface area contributed by atoms with Gasteiger partial charge in [-0.3, -0.25) is 10.1 Å². The van der Waals surface area contributed by atoms with Gasteiger partial charge in [-0.1, -0.05) is 29.5 Å². The first-order valence-corrected chi connectivity index (χ1v) is 8.25. The van der Waals surface area contributed by atoms with Crippen LogP contribution < -0.4 is 10.1 Å². The number of fused-ring (bicyclic) bond motifs is 1. The Morgan fingerprint density at radius 3 is 2.83 bits per heavy atom. The molecule has 0 saturated carbocycles. The maximum Gasteiger partial charge on any atom is 0.250 e. The van der Waals surface area contributed by atoms with Crippen LogP contribution in [0.4, 0.5) is 5.95 Å². The molecule has 0 aliphatic heterocycles. The number of ether oxygens (including phenoxy) is 1. The number of hydrogen-bond donors (Lipinski definition) is 1. The van der Waals surface area contributed by atoms with Crippen LogP contribution in [-0.2, 0) is 4.79 Å². The zero-order chi connectivity index (χ0) is 16.2. The lowest BCUT2D eigenvalue weighted by Crippen LogP contribution is -2.14. The van der Waals surface area contributed by atoms with Gasteiger partial charge in [-0.25, -0.2) is 4.52 Å². The third kappa shape index (κ3) is 3.68. The number of aromatic nitrogens is 3. The van der Waals surface area contributed by atoms with Crippen LogP contribution in [-0.4, -0.2) is 27.1 Å². The Kier molecular flexibility index (Phi) is 4.57. The van der Waals surface area contributed by atoms with Gasteiger partial charge in [-0.05, 0) is 32.4 Å². The Morgan fingerprint density at radius 1 is 1.30 bits per heavy atom. The van der Waals surface area contributed by atoms with Crippen molar-refractivity contribution in [2.24, 2.45) is 0 Å². The number of carbonyl (C=O) groups excluding carboxylic acids is 1. The summed E-state index contributed by atoms with van der Waals surface area (Å²) in [4.78, 5) is 18.2. The van der Waals surface area contributed by atoms with Crippen molar-refractivity contribution in [1.82, 2.24) is 14.6 Å². The summed E-state index contributed by atoms with van der Waals surface area (Å²) in [5, 5.41) is 7.03. The predicted molar refractivity (Wildman–Crippen MR) is 90.1 cm³/mol. The minimum Gasteiger partial charge on any atom is -0.494 e. The zero-order valence-corrected chi connectivity index (χ0v) is 13.9. The average molecular weight is 330 g/mol. The highest BCUT2D eigenvalue weighted by Crippen LogP contribution is 2.21. The fourth-order valence-corrected chi connectivity index (χ4v) is 3.03. The Morgan fingerprint density at radius 2 is 2.09 bits per heavy atom. The van der Waals surface area contributed by atoms with E-state index >= 15 is 0 Å². The number of aryl methyl sites for hydroxylation is 2. The van der Waals surface area contributed by atoms with Crippen molar-refractivity contribution in [2.75, 3.05) is 11.9 Å². The van der Waals surface area contributed by atoms with Gasteiger partial charge >= 0.3 is 0 Å². The van der Waals surface area contributed by atoms with Crippen molar-refractivity contribution < 1.29 is 9.53 Å². The van der Waals surface area contributed by atoms with Gasteiger partial charge < -0.3 is 4.74 Å². The minimum atomic E-state index is -0.103. The van der Waals surface area contributed by atoms with Crippen LogP contribution in [0.3, 0.4) is 0 Å². The molecule has 0 aliphatic carbocycles. The monoisotopic (exact) mass is 330 g/mol. The summed E-state index contributed by atoms with van der Waals surface area (Å²) in [6, 6.07) is 9.56. The topological polar surface area (TPSA) is 68.5 Å². The lowest BCUT2D eigenvalue weighted by atomic mass is 10.3. The van der Waals surface area contributed by atoms with E-state index in [0.717, 1.165) is 16.4 Å². The number of rotatable bonds is 6. The zero-order valence-electron chi connectivity index (χ0n) is 13.1. The normalized spacial score (nSPS) is 10.9. The molecule has 120 valence electrons. The van der Waals surface area contributed by atoms with Crippen LogP contribution in [0.1, 0.15) is 23.4 Å². The molecule has 0 aliphatic rings. The van der Waals surface area contributed by atoms with Crippen LogP contribution in [0.15, 0.2) is 30.3 Å². The Bertz CT molecular complexity index is 810. The molecule has 2 aromatic heterocycles. The summed E-state index contributed by atoms with van der Waals surface area (Å²) in [5.41, 5.74) is 1.05. The second-order valence-corrected chi connectivity index (χ2v) is 6.37. The van der Waals surface area contributed by atoms with E-state index < -0.39 is 0 Å². The van der Waals surface area contributed by atoms with E-state index in [4.69, 9.17) is 4.74 Å². The molecule has 0 radical (unpaired) electrons. The summed E-state index contributed by atoms with van der Waals surface area (Å²) in [7, 11) is 0. The van der Waals surface area contributed by atoms with Crippen molar-refractivity contribution in [2.45, 2.75) is 26.7 Å². The van der Waals surface area contributed by atoms with Gasteiger partial charge in [0, 0.05) is 11.3 Å². The van der Waals surface area contributed by atoms with Gasteiger partial charge in [0.25, 0.3) is 0 Å². The van der Waals surface area contributed by atoms with Gasteiger partial charge in [0.05, 0.1) is 12.3 Å². The molecular formula is C16H18N4O2S. The van der Waals surface area contributed by atoms with Gasteiger partial charge in [0.1, 0.15) is 5.75 Å². The molecule has 0 fully saturated rings. The van der Waals surface area contributed by atoms with E-state index in [1.54, 1.807) is 15.9 Å². The molecule has 0 bridgehead atoms. The quantitative estimate of drug-likeness (QED) is 0.705. The summed E-state index contributed by atoms with van der Waals surface area (Å²) in [6.45, 7) is 4.52. The minimum absolute atomic E-state index is 0.103. The first-order valence-electron chi connectivity index (χ1n) is 7.44. The predicted octanol–water partition coefficient (Wildman–Crippen LogP) is 3.21. The molecular weight excluding hydrogens is 312 g/mol. The number of carbonyl (C=O) groups is 1. The molecule has 2 heterocycles. The molecule has 0 saturated heterocycles. The van der Waals surface area contributed by atoms with E-state index in [9.17, 15) is 4.79 Å². The van der Waals surface area contributed by atoms with E-state index in [1.807, 2.05) is 44.2 Å². The fourth-order valence-electron chi connectivity index (χ4n) is 2.12. The molecule has 0 unspecified atom stereocenters. The summed E-state index contributed by atoms with van der Waals surface area (Å²) >= 11 is 1.56. The highest BCUT2D eigenvalue weighted by atomic mass is 32.1. The van der Waals surface area contributed by atoms with Crippen molar-refractivity contribution in [3.05, 3.63) is 40.9 Å². The maximum atomic E-state index is 11.9. The van der Waals surface area contributed by atoms with Crippen LogP contribution in [0, 0.1) is 13.8 Å². The first-order chi connectivity index (χ1) is 11.1. The molecule has 1 aromatic carbocycles. The molecule has 23 heavy (non-hydrogen) atoms. The van der Waals surface area contributed by atoms with Crippen molar-refractivity contribution in [3.8, 4) is 5.75 Å². The fraction of sp³-hybridized carbons (Fsp3) is 0.312. The number of hydrogen-bond acceptors (Lipinski definition) is 5. The van der Waals surface area contributed by atoms with Gasteiger partial charge in [0.2, 0.25) is 16.8 Å². The molecule has 0 atom stereocenters. The van der Waals surface area contributed by atoms with Gasteiger partial charge in [0.15, 0.2) is 0 Å². The number of para-hydroxylation sites is 1. The second-order valence-electron chi connectivity index (χ2n) is 5.19. The van der Waals surface area contributed by atoms with E-state index in [0.29, 0.717) is 25.4 Å². The lowest BCUT2D eigenvalue weighted by Gasteiger charge is -2.05. The molecule has 0 spiro atoms. The van der Waals surface area contributed by atoms with Crippen LogP contribution in [0.2, 0.25) is 0 Å². The number of thiazole rings is 1. The van der Waals surface area contributed by atoms with Gasteiger partial charge in [-0.15, -0.1) is 5.10 Å². The number of nitrogens with zero attached hydrogens (tertiary/aromatic N) is 3. The highest BCUT2D eigenvalue weighted by molar-refractivity contribution is 7.17. The van der Waals surface area contributed by atoms with Crippen LogP contribution in [0.5, 0.6) is 5.75 Å². The van der Waals surface area contributed by atoms with Crippen LogP contribution in [0.25, 0.3) is 4.96 Å². The number of benzene rings is 1. The number of amides is 1. The maximum absolute atomic E-state index is 11.9. The Balaban J connectivity index is 1.47. The highest BCUT2D eigenvalue weighted by Gasteiger charge is 2.12.